The van der Waals surface area contributed by atoms with Crippen LogP contribution in [0.15, 0.2) is 174 Å². The molecule has 0 saturated carbocycles. The Balaban J connectivity index is 1.43. The summed E-state index contributed by atoms with van der Waals surface area (Å²) < 4.78 is 290. The summed E-state index contributed by atoms with van der Waals surface area (Å²) in [6.45, 7) is -2.40. The highest BCUT2D eigenvalue weighted by molar-refractivity contribution is 6.27. The number of hydrogen-bond donors (Lipinski definition) is 0. The molecule has 0 fully saturated rings. The van der Waals surface area contributed by atoms with Gasteiger partial charge < -0.3 is 4.42 Å². The van der Waals surface area contributed by atoms with Crippen molar-refractivity contribution >= 4 is 54.3 Å². The highest BCUT2D eigenvalue weighted by Crippen LogP contribution is 2.53. The van der Waals surface area contributed by atoms with Gasteiger partial charge in [-0.3, -0.25) is 0 Å². The highest BCUT2D eigenvalue weighted by atomic mass is 16.3. The number of benzene rings is 9. The first-order valence-electron chi connectivity index (χ1n) is 31.2. The third-order valence-electron chi connectivity index (χ3n) is 9.31. The summed E-state index contributed by atoms with van der Waals surface area (Å²) in [5, 5.41) is -5.44. The van der Waals surface area contributed by atoms with E-state index in [9.17, 15) is 15.1 Å². The van der Waals surface area contributed by atoms with Crippen molar-refractivity contribution in [3.63, 3.8) is 0 Å². The van der Waals surface area contributed by atoms with E-state index < -0.39 is 291 Å². The standard InChI is InChI=1S/C51H34O/c1-51(2)44-26-10-9-18-36(44)41-24-12-23-34(49(41)51)32-15-11-16-33(30-32)46-37-19-5-7-21-39(37)47(40-22-8-6-20-38(40)46)42-25-13-27-45-48(42)43-29-28-31-14-3-4-17-35(31)50(43)52-45/h3-30H,1-2H3/i1D3,3D,4D,5D,6D,7D,8D,9D,10D,11D,12D,13D,14D,15D,16D,17D,18D,19D,20D,21D,22D,23D,24D,25D,26D,27D,28D,29D,30D. The van der Waals surface area contributed by atoms with Crippen LogP contribution >= 0.6 is 0 Å². The first-order chi connectivity index (χ1) is 38.5. The van der Waals surface area contributed by atoms with E-state index in [4.69, 9.17) is 31.8 Å². The Morgan fingerprint density at radius 3 is 1.87 bits per heavy atom. The van der Waals surface area contributed by atoms with Crippen LogP contribution in [0.25, 0.3) is 98.8 Å². The lowest BCUT2D eigenvalue weighted by molar-refractivity contribution is 0.662. The zero-order chi connectivity index (χ0) is 61.4. The molecule has 0 bridgehead atoms. The summed E-state index contributed by atoms with van der Waals surface area (Å²) >= 11 is 0. The monoisotopic (exact) mass is 693 g/mol. The molecule has 0 radical (unpaired) electrons. The summed E-state index contributed by atoms with van der Waals surface area (Å²) in [6.07, 6.45) is 0. The predicted molar refractivity (Wildman–Crippen MR) is 220 cm³/mol. The van der Waals surface area contributed by atoms with Crippen LogP contribution in [0, 0.1) is 0 Å². The summed E-state index contributed by atoms with van der Waals surface area (Å²) in [4.78, 5) is 0. The molecule has 9 aromatic carbocycles. The van der Waals surface area contributed by atoms with Gasteiger partial charge in [0.25, 0.3) is 0 Å². The molecule has 0 aliphatic heterocycles. The normalized spacial score (nSPS) is 23.8. The van der Waals surface area contributed by atoms with Crippen molar-refractivity contribution in [2.75, 3.05) is 0 Å². The fraction of sp³-hybridized carbons (Fsp3) is 0.0588. The van der Waals surface area contributed by atoms with Crippen LogP contribution < -0.4 is 0 Å². The highest BCUT2D eigenvalue weighted by Gasteiger charge is 2.37. The molecule has 1 unspecified atom stereocenters. The van der Waals surface area contributed by atoms with Crippen LogP contribution in [0.1, 0.15) is 67.4 Å². The number of hydrogen-bond acceptors (Lipinski definition) is 1. The van der Waals surface area contributed by atoms with Crippen LogP contribution in [0.5, 0.6) is 0 Å². The Labute approximate surface area is 346 Å². The molecule has 1 aliphatic carbocycles. The lowest BCUT2D eigenvalue weighted by Gasteiger charge is -2.25. The summed E-state index contributed by atoms with van der Waals surface area (Å²) in [5.74, 6) is 0. The molecule has 0 spiro atoms. The van der Waals surface area contributed by atoms with Crippen molar-refractivity contribution in [2.45, 2.75) is 19.2 Å². The second kappa shape index (κ2) is 10.8. The van der Waals surface area contributed by atoms with Crippen molar-refractivity contribution in [3.05, 3.63) is 180 Å². The second-order valence-corrected chi connectivity index (χ2v) is 12.1. The maximum absolute atomic E-state index is 10.2. The molecule has 1 aromatic heterocycles. The quantitative estimate of drug-likeness (QED) is 0.168. The van der Waals surface area contributed by atoms with Crippen molar-refractivity contribution in [1.82, 2.24) is 0 Å². The number of fused-ring (bicyclic) bond motifs is 10. The van der Waals surface area contributed by atoms with Crippen LogP contribution in [0.3, 0.4) is 0 Å². The van der Waals surface area contributed by atoms with Gasteiger partial charge in [0.1, 0.15) is 11.2 Å². The van der Waals surface area contributed by atoms with Gasteiger partial charge >= 0.3 is 0 Å². The van der Waals surface area contributed by atoms with Crippen molar-refractivity contribution in [1.29, 1.82) is 0 Å². The Morgan fingerprint density at radius 1 is 0.481 bits per heavy atom. The maximum atomic E-state index is 10.2. The smallest absolute Gasteiger partial charge is 0.143 e. The zero-order valence-corrected chi connectivity index (χ0v) is 26.4. The SMILES string of the molecule is [2H]c1c([2H])c(-c2c([2H])c([2H])c([2H])c3c2C(C)(C([2H])([2H])[2H])c2c([2H])c([2H])c([2H])c([2H])c2-3)c([2H])c(-c2c3c([2H])c([2H])c([2H])c([2H])c3c(-c3c([2H])c([2H])c([2H])c4oc5c6c([2H])c([2H])c([2H])c([2H])c6c([2H])c([2H])c5c34)c3c([2H])c([2H])c([2H])c([2H])c23)c1[2H]. The molecule has 11 rings (SSSR count). The Hall–Kier alpha value is -6.44. The van der Waals surface area contributed by atoms with Gasteiger partial charge in [0, 0.05) is 25.7 Å². The van der Waals surface area contributed by atoms with Gasteiger partial charge in [-0.15, -0.1) is 0 Å². The first-order valence-corrected chi connectivity index (χ1v) is 15.7. The van der Waals surface area contributed by atoms with Crippen molar-refractivity contribution in [2.24, 2.45) is 0 Å². The fourth-order valence-corrected chi connectivity index (χ4v) is 7.16. The van der Waals surface area contributed by atoms with Crippen LogP contribution in [-0.4, -0.2) is 0 Å². The van der Waals surface area contributed by atoms with Gasteiger partial charge in [-0.2, -0.15) is 0 Å². The van der Waals surface area contributed by atoms with Gasteiger partial charge in [0.05, 0.1) is 38.4 Å². The summed E-state index contributed by atoms with van der Waals surface area (Å²) in [6, 6.07) is -27.5. The third kappa shape index (κ3) is 3.99. The largest absolute Gasteiger partial charge is 0.455 e. The molecule has 10 aromatic rings. The van der Waals surface area contributed by atoms with Gasteiger partial charge in [-0.1, -0.05) is 165 Å². The van der Waals surface area contributed by atoms with Gasteiger partial charge in [0.2, 0.25) is 0 Å². The van der Waals surface area contributed by atoms with E-state index in [1.165, 1.54) is 0 Å². The molecule has 1 heteroatoms. The number of rotatable bonds is 3. The first kappa shape index (κ1) is 12.1. The molecule has 1 atom stereocenters. The minimum absolute atomic E-state index is 0.492. The predicted octanol–water partition coefficient (Wildman–Crippen LogP) is 14.4. The maximum Gasteiger partial charge on any atom is 0.143 e. The average Bonchev–Trinajstić information content (AvgIpc) is 1.78. The topological polar surface area (TPSA) is 13.1 Å². The van der Waals surface area contributed by atoms with Crippen LogP contribution in [0.4, 0.5) is 0 Å². The van der Waals surface area contributed by atoms with E-state index in [-0.39, 0.29) is 0 Å². The molecule has 1 nitrogen and oxygen atoms in total. The molecular formula is C51H34O. The minimum atomic E-state index is -3.40. The van der Waals surface area contributed by atoms with Crippen LogP contribution in [-0.2, 0) is 5.41 Å². The lowest BCUT2D eigenvalue weighted by atomic mass is 9.78. The third-order valence-corrected chi connectivity index (χ3v) is 9.31. The second-order valence-electron chi connectivity index (χ2n) is 12.1. The Morgan fingerprint density at radius 2 is 1.08 bits per heavy atom. The summed E-state index contributed by atoms with van der Waals surface area (Å²) in [5.41, 5.74) is -11.6. The summed E-state index contributed by atoms with van der Waals surface area (Å²) in [7, 11) is 0. The van der Waals surface area contributed by atoms with E-state index in [2.05, 4.69) is 0 Å². The van der Waals surface area contributed by atoms with Gasteiger partial charge in [-0.05, 0) is 101 Å². The molecule has 1 aliphatic rings. The van der Waals surface area contributed by atoms with E-state index >= 15 is 0 Å². The van der Waals surface area contributed by atoms with Crippen LogP contribution in [0.2, 0.25) is 0 Å². The minimum Gasteiger partial charge on any atom is -0.455 e. The molecule has 52 heavy (non-hydrogen) atoms. The van der Waals surface area contributed by atoms with Crippen molar-refractivity contribution in [3.8, 4) is 44.5 Å². The Bertz CT molecular complexity index is 4740. The number of furan rings is 1. The lowest BCUT2D eigenvalue weighted by Crippen LogP contribution is -2.16. The van der Waals surface area contributed by atoms with Gasteiger partial charge in [0.15, 0.2) is 0 Å². The molecule has 0 N–H and O–H groups in total. The fourth-order valence-electron chi connectivity index (χ4n) is 7.16. The molecule has 0 amide bonds. The Kier molecular flexibility index (Phi) is 2.50. The van der Waals surface area contributed by atoms with E-state index in [1.807, 2.05) is 0 Å². The average molecular weight is 694 g/mol. The zero-order valence-electron chi connectivity index (χ0n) is 57.4. The molecular weight excluding hydrogens is 629 g/mol. The van der Waals surface area contributed by atoms with Crippen molar-refractivity contribution < 1.29 is 46.9 Å². The van der Waals surface area contributed by atoms with E-state index in [1.54, 1.807) is 0 Å². The van der Waals surface area contributed by atoms with Gasteiger partial charge in [-0.25, -0.2) is 0 Å². The molecule has 0 saturated heterocycles. The van der Waals surface area contributed by atoms with E-state index in [0.29, 0.717) is 0 Å². The molecule has 244 valence electrons. The van der Waals surface area contributed by atoms with E-state index in [0.717, 1.165) is 6.92 Å². The molecule has 1 heterocycles.